The van der Waals surface area contributed by atoms with Gasteiger partial charge in [-0.1, -0.05) is 24.2 Å². The van der Waals surface area contributed by atoms with Crippen molar-refractivity contribution >= 4 is 16.5 Å². The Kier molecular flexibility index (Phi) is 3.57. The third kappa shape index (κ3) is 2.28. The van der Waals surface area contributed by atoms with Gasteiger partial charge in [-0.3, -0.25) is 0 Å². The van der Waals surface area contributed by atoms with E-state index < -0.39 is 0 Å². The average Bonchev–Trinajstić information content (AvgIpc) is 3.10. The van der Waals surface area contributed by atoms with Crippen LogP contribution in [0.5, 0.6) is 0 Å². The fraction of sp³-hybridized carbons (Fsp3) is 0.786. The van der Waals surface area contributed by atoms with Crippen LogP contribution in [-0.2, 0) is 0 Å². The summed E-state index contributed by atoms with van der Waals surface area (Å²) in [5.41, 5.74) is 0. The van der Waals surface area contributed by atoms with E-state index in [0.717, 1.165) is 22.5 Å². The quantitative estimate of drug-likeness (QED) is 0.911. The van der Waals surface area contributed by atoms with Gasteiger partial charge < -0.3 is 10.0 Å². The number of nitrogens with zero attached hydrogens (tertiary/aromatic N) is 2. The predicted molar refractivity (Wildman–Crippen MR) is 75.1 cm³/mol. The van der Waals surface area contributed by atoms with Crippen LogP contribution in [0.15, 0.2) is 6.20 Å². The Hall–Kier alpha value is -0.610. The zero-order valence-electron chi connectivity index (χ0n) is 11.0. The maximum atomic E-state index is 9.61. The Morgan fingerprint density at radius 1 is 1.33 bits per heavy atom. The highest BCUT2D eigenvalue weighted by molar-refractivity contribution is 7.15. The van der Waals surface area contributed by atoms with E-state index >= 15 is 0 Å². The lowest BCUT2D eigenvalue weighted by molar-refractivity contribution is 0.203. The lowest BCUT2D eigenvalue weighted by Crippen LogP contribution is -2.34. The van der Waals surface area contributed by atoms with Gasteiger partial charge in [0, 0.05) is 18.8 Å². The van der Waals surface area contributed by atoms with Gasteiger partial charge in [-0.15, -0.1) is 0 Å². The zero-order chi connectivity index (χ0) is 12.5. The van der Waals surface area contributed by atoms with E-state index in [0.29, 0.717) is 6.04 Å². The molecule has 4 heteroatoms. The maximum Gasteiger partial charge on any atom is 0.185 e. The minimum absolute atomic E-state index is 0.385. The van der Waals surface area contributed by atoms with E-state index in [-0.39, 0.29) is 6.10 Å². The van der Waals surface area contributed by atoms with Crippen LogP contribution in [0.2, 0.25) is 0 Å². The molecule has 0 amide bonds. The zero-order valence-corrected chi connectivity index (χ0v) is 11.8. The molecule has 2 fully saturated rings. The molecule has 1 aromatic heterocycles. The van der Waals surface area contributed by atoms with Crippen molar-refractivity contribution < 1.29 is 5.11 Å². The molecule has 18 heavy (non-hydrogen) atoms. The summed E-state index contributed by atoms with van der Waals surface area (Å²) >= 11 is 1.67. The molecule has 0 bridgehead atoms. The van der Waals surface area contributed by atoms with Crippen molar-refractivity contribution in [1.29, 1.82) is 0 Å². The largest absolute Gasteiger partial charge is 0.388 e. The number of anilines is 1. The summed E-state index contributed by atoms with van der Waals surface area (Å²) < 4.78 is 0. The molecule has 2 unspecified atom stereocenters. The van der Waals surface area contributed by atoms with Gasteiger partial charge >= 0.3 is 0 Å². The number of hydrogen-bond donors (Lipinski definition) is 1. The van der Waals surface area contributed by atoms with Crippen molar-refractivity contribution in [2.45, 2.75) is 57.6 Å². The van der Waals surface area contributed by atoms with E-state index in [9.17, 15) is 5.11 Å². The highest BCUT2D eigenvalue weighted by atomic mass is 32.1. The van der Waals surface area contributed by atoms with Crippen molar-refractivity contribution in [3.63, 3.8) is 0 Å². The van der Waals surface area contributed by atoms with Crippen LogP contribution in [0, 0.1) is 5.92 Å². The first-order valence-electron chi connectivity index (χ1n) is 7.16. The summed E-state index contributed by atoms with van der Waals surface area (Å²) in [6.07, 6.45) is 9.69. The summed E-state index contributed by atoms with van der Waals surface area (Å²) in [7, 11) is 0. The molecule has 2 atom stereocenters. The number of rotatable bonds is 3. The molecule has 1 aliphatic carbocycles. The molecule has 0 radical (unpaired) electrons. The van der Waals surface area contributed by atoms with Crippen molar-refractivity contribution in [3.05, 3.63) is 11.1 Å². The Morgan fingerprint density at radius 3 is 2.78 bits per heavy atom. The van der Waals surface area contributed by atoms with Crippen molar-refractivity contribution in [2.24, 2.45) is 5.92 Å². The predicted octanol–water partition coefficient (Wildman–Crippen LogP) is 3.36. The summed E-state index contributed by atoms with van der Waals surface area (Å²) in [4.78, 5) is 8.02. The van der Waals surface area contributed by atoms with Gasteiger partial charge in [0.2, 0.25) is 0 Å². The molecule has 1 N–H and O–H groups in total. The molecule has 2 aliphatic rings. The monoisotopic (exact) mass is 266 g/mol. The Balaban J connectivity index is 1.76. The first kappa shape index (κ1) is 12.4. The molecule has 3 rings (SSSR count). The standard InChI is InChI=1S/C14H22N2OS/c1-10(17)13-9-15-14(18-13)16-8-4-7-12(16)11-5-2-3-6-11/h9-12,17H,2-8H2,1H3. The van der Waals surface area contributed by atoms with Crippen molar-refractivity contribution in [3.8, 4) is 0 Å². The molecule has 0 aromatic carbocycles. The van der Waals surface area contributed by atoms with E-state index in [4.69, 9.17) is 0 Å². The van der Waals surface area contributed by atoms with Gasteiger partial charge in [0.25, 0.3) is 0 Å². The third-order valence-electron chi connectivity index (χ3n) is 4.41. The summed E-state index contributed by atoms with van der Waals surface area (Å²) in [5.74, 6) is 0.881. The Morgan fingerprint density at radius 2 is 2.11 bits per heavy atom. The molecule has 1 aliphatic heterocycles. The lowest BCUT2D eigenvalue weighted by Gasteiger charge is -2.29. The van der Waals surface area contributed by atoms with Gasteiger partial charge in [-0.25, -0.2) is 4.98 Å². The van der Waals surface area contributed by atoms with Gasteiger partial charge in [-0.2, -0.15) is 0 Å². The molecule has 3 nitrogen and oxygen atoms in total. The molecular weight excluding hydrogens is 244 g/mol. The fourth-order valence-electron chi connectivity index (χ4n) is 3.47. The van der Waals surface area contributed by atoms with Gasteiger partial charge in [-0.05, 0) is 38.5 Å². The van der Waals surface area contributed by atoms with Gasteiger partial charge in [0.05, 0.1) is 11.0 Å². The topological polar surface area (TPSA) is 36.4 Å². The normalized spacial score (nSPS) is 27.0. The van der Waals surface area contributed by atoms with Crippen LogP contribution < -0.4 is 4.90 Å². The Bertz CT molecular complexity index is 398. The van der Waals surface area contributed by atoms with Gasteiger partial charge in [0.15, 0.2) is 5.13 Å². The minimum atomic E-state index is -0.385. The summed E-state index contributed by atoms with van der Waals surface area (Å²) in [5, 5.41) is 10.7. The fourth-order valence-corrected chi connectivity index (χ4v) is 4.40. The highest BCUT2D eigenvalue weighted by Gasteiger charge is 2.34. The molecular formula is C14H22N2OS. The second kappa shape index (κ2) is 5.17. The van der Waals surface area contributed by atoms with Crippen LogP contribution in [0.1, 0.15) is 56.4 Å². The first-order chi connectivity index (χ1) is 8.75. The highest BCUT2D eigenvalue weighted by Crippen LogP contribution is 2.39. The van der Waals surface area contributed by atoms with Gasteiger partial charge in [0.1, 0.15) is 0 Å². The Labute approximate surface area is 113 Å². The molecule has 1 aromatic rings. The molecule has 100 valence electrons. The van der Waals surface area contributed by atoms with E-state index in [1.54, 1.807) is 11.3 Å². The number of thiazole rings is 1. The third-order valence-corrected chi connectivity index (χ3v) is 5.62. The molecule has 1 saturated heterocycles. The van der Waals surface area contributed by atoms with Crippen LogP contribution in [-0.4, -0.2) is 22.7 Å². The number of aliphatic hydroxyl groups excluding tert-OH is 1. The minimum Gasteiger partial charge on any atom is -0.388 e. The van der Waals surface area contributed by atoms with E-state index in [1.165, 1.54) is 38.5 Å². The van der Waals surface area contributed by atoms with E-state index in [2.05, 4.69) is 9.88 Å². The number of aliphatic hydroxyl groups is 1. The average molecular weight is 266 g/mol. The second-order valence-corrected chi connectivity index (χ2v) is 6.71. The van der Waals surface area contributed by atoms with Crippen molar-refractivity contribution in [1.82, 2.24) is 4.98 Å². The smallest absolute Gasteiger partial charge is 0.185 e. The van der Waals surface area contributed by atoms with Crippen LogP contribution in [0.3, 0.4) is 0 Å². The van der Waals surface area contributed by atoms with Crippen LogP contribution >= 0.6 is 11.3 Å². The molecule has 1 saturated carbocycles. The maximum absolute atomic E-state index is 9.61. The summed E-state index contributed by atoms with van der Waals surface area (Å²) in [6, 6.07) is 0.709. The molecule has 2 heterocycles. The second-order valence-electron chi connectivity index (χ2n) is 5.67. The first-order valence-corrected chi connectivity index (χ1v) is 7.98. The number of hydrogen-bond acceptors (Lipinski definition) is 4. The SMILES string of the molecule is CC(O)c1cnc(N2CCCC2C2CCCC2)s1. The van der Waals surface area contributed by atoms with Crippen LogP contribution in [0.25, 0.3) is 0 Å². The molecule has 0 spiro atoms. The lowest BCUT2D eigenvalue weighted by atomic mass is 9.96. The number of aromatic nitrogens is 1. The van der Waals surface area contributed by atoms with Crippen molar-refractivity contribution in [2.75, 3.05) is 11.4 Å². The van der Waals surface area contributed by atoms with Crippen LogP contribution in [0.4, 0.5) is 5.13 Å². The summed E-state index contributed by atoms with van der Waals surface area (Å²) in [6.45, 7) is 2.96. The van der Waals surface area contributed by atoms with E-state index in [1.807, 2.05) is 13.1 Å².